The highest BCUT2D eigenvalue weighted by atomic mass is 35.5. The molecule has 0 unspecified atom stereocenters. The maximum Gasteiger partial charge on any atom is 0.452 e. The Balaban J connectivity index is 3.07. The van der Waals surface area contributed by atoms with Crippen molar-refractivity contribution in [3.05, 3.63) is 0 Å². The molecule has 0 spiro atoms. The minimum Gasteiger partial charge on any atom is -0.256 e. The lowest BCUT2D eigenvalue weighted by Gasteiger charge is -2.40. The van der Waals surface area contributed by atoms with Gasteiger partial charge in [-0.1, -0.05) is 0 Å². The van der Waals surface area contributed by atoms with Crippen molar-refractivity contribution in [2.45, 2.75) is 22.8 Å². The first-order chi connectivity index (χ1) is 5.91. The zero-order valence-corrected chi connectivity index (χ0v) is 7.35. The van der Waals surface area contributed by atoms with E-state index < -0.39 is 22.8 Å². The Hall–Kier alpha value is 0.0800. The zero-order chi connectivity index (χ0) is 11.4. The monoisotopic (exact) mass is 264 g/mol. The normalized spacial score (nSPS) is 46.3. The summed E-state index contributed by atoms with van der Waals surface area (Å²) in [4.78, 5) is 0. The molecule has 1 fully saturated rings. The molecule has 0 bridgehead atoms. The van der Waals surface area contributed by atoms with E-state index in [-0.39, 0.29) is 0 Å². The quantitative estimate of drug-likeness (QED) is 0.495. The molecular formula is C4Cl2F6O2. The fourth-order valence-corrected chi connectivity index (χ4v) is 0.831. The van der Waals surface area contributed by atoms with Crippen molar-refractivity contribution in [3.8, 4) is 0 Å². The van der Waals surface area contributed by atoms with E-state index >= 15 is 0 Å². The lowest BCUT2D eigenvalue weighted by molar-refractivity contribution is -0.534. The second-order valence-corrected chi connectivity index (χ2v) is 3.24. The summed E-state index contributed by atoms with van der Waals surface area (Å²) >= 11 is 8.68. The minimum absolute atomic E-state index is 2.68. The van der Waals surface area contributed by atoms with Crippen molar-refractivity contribution in [1.82, 2.24) is 0 Å². The fourth-order valence-electron chi connectivity index (χ4n) is 0.560. The van der Waals surface area contributed by atoms with Crippen LogP contribution in [0.3, 0.4) is 0 Å². The van der Waals surface area contributed by atoms with Crippen LogP contribution in [0, 0.1) is 0 Å². The summed E-state index contributed by atoms with van der Waals surface area (Å²) in [7, 11) is 0. The molecule has 1 saturated heterocycles. The van der Waals surface area contributed by atoms with Crippen LogP contribution in [0.2, 0.25) is 0 Å². The Morgan fingerprint density at radius 3 is 1.07 bits per heavy atom. The molecule has 2 atom stereocenters. The van der Waals surface area contributed by atoms with Gasteiger partial charge in [0.05, 0.1) is 0 Å². The molecular weight excluding hydrogens is 265 g/mol. The van der Waals surface area contributed by atoms with Crippen molar-refractivity contribution in [3.63, 3.8) is 0 Å². The Morgan fingerprint density at radius 2 is 0.857 bits per heavy atom. The average Bonchev–Trinajstić information content (AvgIpc) is 1.78. The molecule has 1 aliphatic rings. The van der Waals surface area contributed by atoms with Gasteiger partial charge in [0.15, 0.2) is 0 Å². The molecule has 0 radical (unpaired) electrons. The topological polar surface area (TPSA) is 18.5 Å². The summed E-state index contributed by atoms with van der Waals surface area (Å²) in [5.74, 6) is 0. The fraction of sp³-hybridized carbons (Fsp3) is 1.00. The molecule has 1 aliphatic heterocycles. The molecule has 0 N–H and O–H groups in total. The Morgan fingerprint density at radius 1 is 0.643 bits per heavy atom. The average molecular weight is 265 g/mol. The highest BCUT2D eigenvalue weighted by molar-refractivity contribution is 6.31. The van der Waals surface area contributed by atoms with Gasteiger partial charge in [-0.2, -0.15) is 26.3 Å². The predicted octanol–water partition coefficient (Wildman–Crippen LogP) is 2.94. The zero-order valence-electron chi connectivity index (χ0n) is 5.84. The summed E-state index contributed by atoms with van der Waals surface area (Å²) in [5.41, 5.74) is 0. The van der Waals surface area contributed by atoms with Crippen LogP contribution in [-0.4, -0.2) is 22.8 Å². The molecule has 0 aromatic rings. The number of hydrogen-bond acceptors (Lipinski definition) is 2. The smallest absolute Gasteiger partial charge is 0.256 e. The minimum atomic E-state index is -5.42. The van der Waals surface area contributed by atoms with Crippen molar-refractivity contribution < 1.29 is 35.8 Å². The molecule has 0 saturated carbocycles. The summed E-state index contributed by atoms with van der Waals surface area (Å²) in [6, 6.07) is 0. The van der Waals surface area contributed by atoms with Crippen LogP contribution in [0.4, 0.5) is 26.3 Å². The first-order valence-corrected chi connectivity index (χ1v) is 3.58. The van der Waals surface area contributed by atoms with Gasteiger partial charge in [-0.15, -0.1) is 0 Å². The molecule has 10 heteroatoms. The molecule has 0 amide bonds. The van der Waals surface area contributed by atoms with Gasteiger partial charge in [-0.25, -0.2) is 0 Å². The number of ether oxygens (including phenoxy) is 2. The second-order valence-electron chi connectivity index (χ2n) is 2.27. The van der Waals surface area contributed by atoms with Gasteiger partial charge in [-0.05, 0) is 23.2 Å². The molecule has 0 aromatic heterocycles. The first-order valence-electron chi connectivity index (χ1n) is 2.83. The Bertz CT molecular complexity index is 204. The van der Waals surface area contributed by atoms with Crippen LogP contribution in [0.25, 0.3) is 0 Å². The summed E-state index contributed by atoms with van der Waals surface area (Å²) in [5, 5.41) is -8.83. The lowest BCUT2D eigenvalue weighted by Crippen LogP contribution is -2.63. The van der Waals surface area contributed by atoms with Gasteiger partial charge >= 0.3 is 22.8 Å². The highest BCUT2D eigenvalue weighted by Crippen LogP contribution is 2.55. The summed E-state index contributed by atoms with van der Waals surface area (Å²) in [6.07, 6.45) is -10.8. The standard InChI is InChI=1S/C4Cl2F6O2/c5-1(7)2(6,8)14-4(11,12)3(9,10)13-1/t1-,2+. The van der Waals surface area contributed by atoms with E-state index in [9.17, 15) is 26.3 Å². The number of rotatable bonds is 0. The molecule has 2 nitrogen and oxygen atoms in total. The first kappa shape index (κ1) is 12.2. The highest BCUT2D eigenvalue weighted by Gasteiger charge is 2.77. The van der Waals surface area contributed by atoms with E-state index in [1.54, 1.807) is 0 Å². The SMILES string of the molecule is FC1(F)O[C@](F)(Cl)[C@](F)(Cl)OC1(F)F. The van der Waals surface area contributed by atoms with Gasteiger partial charge in [0.2, 0.25) is 0 Å². The third-order valence-electron chi connectivity index (χ3n) is 1.19. The van der Waals surface area contributed by atoms with Crippen molar-refractivity contribution >= 4 is 23.2 Å². The molecule has 0 aromatic carbocycles. The summed E-state index contributed by atoms with van der Waals surface area (Å²) in [6.45, 7) is 0. The second kappa shape index (κ2) is 2.81. The summed E-state index contributed by atoms with van der Waals surface area (Å²) < 4.78 is 79.2. The van der Waals surface area contributed by atoms with Crippen LogP contribution < -0.4 is 0 Å². The van der Waals surface area contributed by atoms with E-state index in [4.69, 9.17) is 0 Å². The molecule has 1 heterocycles. The van der Waals surface area contributed by atoms with E-state index in [2.05, 4.69) is 32.7 Å². The third kappa shape index (κ3) is 1.64. The molecule has 0 aliphatic carbocycles. The Labute approximate surface area is 82.7 Å². The largest absolute Gasteiger partial charge is 0.452 e. The molecule has 84 valence electrons. The third-order valence-corrected chi connectivity index (χ3v) is 1.93. The van der Waals surface area contributed by atoms with Crippen molar-refractivity contribution in [1.29, 1.82) is 0 Å². The van der Waals surface area contributed by atoms with E-state index in [0.717, 1.165) is 0 Å². The van der Waals surface area contributed by atoms with E-state index in [0.29, 0.717) is 0 Å². The van der Waals surface area contributed by atoms with E-state index in [1.165, 1.54) is 0 Å². The molecule has 1 rings (SSSR count). The van der Waals surface area contributed by atoms with Gasteiger partial charge in [0.1, 0.15) is 0 Å². The maximum atomic E-state index is 12.6. The van der Waals surface area contributed by atoms with Crippen molar-refractivity contribution in [2.24, 2.45) is 0 Å². The lowest BCUT2D eigenvalue weighted by atomic mass is 10.5. The molecule has 14 heavy (non-hydrogen) atoms. The number of hydrogen-bond donors (Lipinski definition) is 0. The van der Waals surface area contributed by atoms with Crippen LogP contribution in [-0.2, 0) is 9.47 Å². The van der Waals surface area contributed by atoms with Gasteiger partial charge in [0.25, 0.3) is 0 Å². The van der Waals surface area contributed by atoms with Gasteiger partial charge in [0, 0.05) is 0 Å². The van der Waals surface area contributed by atoms with Crippen LogP contribution in [0.15, 0.2) is 0 Å². The van der Waals surface area contributed by atoms with Crippen LogP contribution >= 0.6 is 23.2 Å². The number of halogens is 8. The van der Waals surface area contributed by atoms with E-state index in [1.807, 2.05) is 0 Å². The Kier molecular flexibility index (Phi) is 2.44. The maximum absolute atomic E-state index is 12.6. The number of alkyl halides is 8. The predicted molar refractivity (Wildman–Crippen MR) is 31.4 cm³/mol. The van der Waals surface area contributed by atoms with Gasteiger partial charge in [-0.3, -0.25) is 9.47 Å². The van der Waals surface area contributed by atoms with Crippen LogP contribution in [0.1, 0.15) is 0 Å². The van der Waals surface area contributed by atoms with Crippen LogP contribution in [0.5, 0.6) is 0 Å². The van der Waals surface area contributed by atoms with Crippen molar-refractivity contribution in [2.75, 3.05) is 0 Å². The van der Waals surface area contributed by atoms with Gasteiger partial charge < -0.3 is 0 Å².